The van der Waals surface area contributed by atoms with E-state index in [9.17, 15) is 9.18 Å². The van der Waals surface area contributed by atoms with Crippen LogP contribution in [0, 0.1) is 5.82 Å². The highest BCUT2D eigenvalue weighted by molar-refractivity contribution is 5.93. The van der Waals surface area contributed by atoms with Gasteiger partial charge in [-0.3, -0.25) is 19.8 Å². The maximum Gasteiger partial charge on any atom is 0.271 e. The number of aromatic amines is 1. The van der Waals surface area contributed by atoms with Gasteiger partial charge >= 0.3 is 0 Å². The third-order valence-electron chi connectivity index (χ3n) is 6.65. The molecule has 2 aliphatic heterocycles. The van der Waals surface area contributed by atoms with Crippen LogP contribution in [-0.4, -0.2) is 69.2 Å². The number of hydrogen-bond donors (Lipinski definition) is 1. The average molecular weight is 450 g/mol. The largest absolute Gasteiger partial charge is 0.490 e. The lowest BCUT2D eigenvalue weighted by atomic mass is 9.98. The molecule has 0 unspecified atom stereocenters. The molecule has 3 aromatic rings. The summed E-state index contributed by atoms with van der Waals surface area (Å²) < 4.78 is 19.2. The molecule has 5 rings (SSSR count). The maximum atomic E-state index is 13.2. The number of H-pyrrole nitrogens is 1. The van der Waals surface area contributed by atoms with Crippen molar-refractivity contribution in [1.29, 1.82) is 0 Å². The number of halogens is 1. The Bertz CT molecular complexity index is 1060. The second kappa shape index (κ2) is 9.70. The number of carbonyl (C=O) groups is 1. The van der Waals surface area contributed by atoms with E-state index in [0.717, 1.165) is 63.2 Å². The molecule has 1 aromatic carbocycles. The highest BCUT2D eigenvalue weighted by Crippen LogP contribution is 2.25. The van der Waals surface area contributed by atoms with Crippen LogP contribution >= 0.6 is 0 Å². The lowest BCUT2D eigenvalue weighted by molar-refractivity contribution is 0.0422. The van der Waals surface area contributed by atoms with E-state index in [2.05, 4.69) is 20.1 Å². The van der Waals surface area contributed by atoms with Gasteiger partial charge in [0.25, 0.3) is 5.91 Å². The molecule has 2 fully saturated rings. The Morgan fingerprint density at radius 1 is 0.970 bits per heavy atom. The lowest BCUT2D eigenvalue weighted by Crippen LogP contribution is -2.50. The van der Waals surface area contributed by atoms with Gasteiger partial charge in [-0.15, -0.1) is 0 Å². The summed E-state index contributed by atoms with van der Waals surface area (Å²) in [6.45, 7) is 3.52. The summed E-state index contributed by atoms with van der Waals surface area (Å²) in [5, 5.41) is 7.09. The van der Waals surface area contributed by atoms with E-state index in [1.54, 1.807) is 30.6 Å². The number of pyridine rings is 1. The third kappa shape index (κ3) is 5.06. The summed E-state index contributed by atoms with van der Waals surface area (Å²) >= 11 is 0. The van der Waals surface area contributed by atoms with Crippen molar-refractivity contribution in [3.8, 4) is 17.0 Å². The van der Waals surface area contributed by atoms with Crippen molar-refractivity contribution in [3.05, 3.63) is 66.4 Å². The Morgan fingerprint density at radius 3 is 2.36 bits per heavy atom. The van der Waals surface area contributed by atoms with Gasteiger partial charge in [0.2, 0.25) is 0 Å². The molecule has 33 heavy (non-hydrogen) atoms. The molecule has 0 spiro atoms. The van der Waals surface area contributed by atoms with Gasteiger partial charge in [-0.25, -0.2) is 4.39 Å². The fourth-order valence-corrected chi connectivity index (χ4v) is 4.77. The van der Waals surface area contributed by atoms with Gasteiger partial charge in [-0.1, -0.05) is 0 Å². The monoisotopic (exact) mass is 449 g/mol. The Hall–Kier alpha value is -3.26. The minimum atomic E-state index is -0.293. The minimum absolute atomic E-state index is 0.0289. The van der Waals surface area contributed by atoms with Crippen LogP contribution in [0.1, 0.15) is 36.2 Å². The summed E-state index contributed by atoms with van der Waals surface area (Å²) in [5.74, 6) is 0.564. The van der Waals surface area contributed by atoms with Crippen molar-refractivity contribution in [1.82, 2.24) is 25.0 Å². The Kier molecular flexibility index (Phi) is 6.35. The molecule has 0 atom stereocenters. The number of ether oxygens (including phenoxy) is 1. The SMILES string of the molecule is O=C(c1cc(-c2ccc(F)cc2)n[nH]1)N1CCC(N2CCC(Oc3ccncc3)CC2)CC1. The van der Waals surface area contributed by atoms with Gasteiger partial charge in [0, 0.05) is 50.2 Å². The molecular formula is C25H28FN5O2. The zero-order valence-corrected chi connectivity index (χ0v) is 18.5. The lowest BCUT2D eigenvalue weighted by Gasteiger charge is -2.41. The van der Waals surface area contributed by atoms with Crippen molar-refractivity contribution in [3.63, 3.8) is 0 Å². The quantitative estimate of drug-likeness (QED) is 0.642. The fourth-order valence-electron chi connectivity index (χ4n) is 4.77. The predicted octanol–water partition coefficient (Wildman–Crippen LogP) is 3.76. The molecule has 0 bridgehead atoms. The van der Waals surface area contributed by atoms with Crippen molar-refractivity contribution in [2.24, 2.45) is 0 Å². The number of nitrogens with zero attached hydrogens (tertiary/aromatic N) is 4. The number of amides is 1. The topological polar surface area (TPSA) is 74.4 Å². The average Bonchev–Trinajstić information content (AvgIpc) is 3.36. The van der Waals surface area contributed by atoms with E-state index in [1.807, 2.05) is 17.0 Å². The van der Waals surface area contributed by atoms with Gasteiger partial charge in [-0.05, 0) is 68.1 Å². The van der Waals surface area contributed by atoms with Gasteiger partial charge in [0.15, 0.2) is 0 Å². The van der Waals surface area contributed by atoms with Gasteiger partial charge in [-0.2, -0.15) is 5.10 Å². The summed E-state index contributed by atoms with van der Waals surface area (Å²) in [4.78, 5) is 21.4. The standard InChI is InChI=1S/C25H28FN5O2/c26-19-3-1-18(2-4-19)23-17-24(29-28-23)25(32)31-13-7-20(8-14-31)30-15-9-22(10-16-30)33-21-5-11-27-12-6-21/h1-6,11-12,17,20,22H,7-10,13-16H2,(H,28,29). The van der Waals surface area contributed by atoms with Gasteiger partial charge in [0.1, 0.15) is 23.4 Å². The van der Waals surface area contributed by atoms with E-state index in [0.29, 0.717) is 17.4 Å². The molecule has 172 valence electrons. The van der Waals surface area contributed by atoms with E-state index >= 15 is 0 Å². The Morgan fingerprint density at radius 2 is 1.67 bits per heavy atom. The second-order valence-electron chi connectivity index (χ2n) is 8.73. The van der Waals surface area contributed by atoms with E-state index in [1.165, 1.54) is 12.1 Å². The van der Waals surface area contributed by atoms with Gasteiger partial charge < -0.3 is 9.64 Å². The Balaban J connectivity index is 1.10. The zero-order chi connectivity index (χ0) is 22.6. The zero-order valence-electron chi connectivity index (χ0n) is 18.5. The first-order chi connectivity index (χ1) is 16.2. The first-order valence-corrected chi connectivity index (χ1v) is 11.6. The smallest absolute Gasteiger partial charge is 0.271 e. The molecule has 2 aromatic heterocycles. The second-order valence-corrected chi connectivity index (χ2v) is 8.73. The number of benzene rings is 1. The van der Waals surface area contributed by atoms with Crippen LogP contribution in [0.15, 0.2) is 54.9 Å². The molecule has 0 radical (unpaired) electrons. The van der Waals surface area contributed by atoms with Crippen LogP contribution in [0.4, 0.5) is 4.39 Å². The summed E-state index contributed by atoms with van der Waals surface area (Å²) in [7, 11) is 0. The van der Waals surface area contributed by atoms with Crippen LogP contribution in [0.2, 0.25) is 0 Å². The molecule has 1 amide bonds. The highest BCUT2D eigenvalue weighted by atomic mass is 19.1. The summed E-state index contributed by atoms with van der Waals surface area (Å²) in [5.41, 5.74) is 1.90. The summed E-state index contributed by atoms with van der Waals surface area (Å²) in [6, 6.07) is 12.2. The maximum absolute atomic E-state index is 13.2. The number of aromatic nitrogens is 3. The predicted molar refractivity (Wildman–Crippen MR) is 122 cm³/mol. The van der Waals surface area contributed by atoms with Crippen LogP contribution in [0.25, 0.3) is 11.3 Å². The fraction of sp³-hybridized carbons (Fsp3) is 0.400. The normalized spacial score (nSPS) is 18.4. The molecular weight excluding hydrogens is 421 g/mol. The molecule has 2 aliphatic rings. The van der Waals surface area contributed by atoms with Gasteiger partial charge in [0.05, 0.1) is 5.69 Å². The molecule has 0 saturated carbocycles. The number of likely N-dealkylation sites (tertiary alicyclic amines) is 2. The molecule has 0 aliphatic carbocycles. The molecule has 8 heteroatoms. The van der Waals surface area contributed by atoms with E-state index in [-0.39, 0.29) is 17.8 Å². The van der Waals surface area contributed by atoms with Crippen LogP contribution < -0.4 is 4.74 Å². The van der Waals surface area contributed by atoms with Crippen molar-refractivity contribution < 1.29 is 13.9 Å². The number of nitrogens with one attached hydrogen (secondary N) is 1. The number of rotatable bonds is 5. The van der Waals surface area contributed by atoms with E-state index in [4.69, 9.17) is 4.74 Å². The Labute approximate surface area is 192 Å². The van der Waals surface area contributed by atoms with Crippen molar-refractivity contribution >= 4 is 5.91 Å². The summed E-state index contributed by atoms with van der Waals surface area (Å²) in [6.07, 6.45) is 7.74. The minimum Gasteiger partial charge on any atom is -0.490 e. The molecule has 2 saturated heterocycles. The first kappa shape index (κ1) is 21.6. The first-order valence-electron chi connectivity index (χ1n) is 11.6. The van der Waals surface area contributed by atoms with E-state index < -0.39 is 0 Å². The highest BCUT2D eigenvalue weighted by Gasteiger charge is 2.31. The number of piperidine rings is 2. The molecule has 4 heterocycles. The number of carbonyl (C=O) groups excluding carboxylic acids is 1. The number of hydrogen-bond acceptors (Lipinski definition) is 5. The van der Waals surface area contributed by atoms with Crippen LogP contribution in [-0.2, 0) is 0 Å². The van der Waals surface area contributed by atoms with Crippen LogP contribution in [0.3, 0.4) is 0 Å². The van der Waals surface area contributed by atoms with Crippen molar-refractivity contribution in [2.45, 2.75) is 37.8 Å². The third-order valence-corrected chi connectivity index (χ3v) is 6.65. The molecule has 7 nitrogen and oxygen atoms in total. The van der Waals surface area contributed by atoms with Crippen molar-refractivity contribution in [2.75, 3.05) is 26.2 Å². The molecule has 1 N–H and O–H groups in total. The van der Waals surface area contributed by atoms with Crippen LogP contribution in [0.5, 0.6) is 5.75 Å².